The van der Waals surface area contributed by atoms with Gasteiger partial charge in [0.05, 0.1) is 65.7 Å². The molecule has 0 N–H and O–H groups in total. The lowest BCUT2D eigenvalue weighted by molar-refractivity contribution is -0.290. The van der Waals surface area contributed by atoms with Crippen LogP contribution in [-0.2, 0) is 49.4 Å². The molecule has 13 heteroatoms. The molecule has 6 aromatic rings. The minimum absolute atomic E-state index is 0.0640. The van der Waals surface area contributed by atoms with Crippen molar-refractivity contribution in [2.45, 2.75) is 181 Å². The summed E-state index contributed by atoms with van der Waals surface area (Å²) in [6.45, 7) is 20.8. The van der Waals surface area contributed by atoms with Gasteiger partial charge in [-0.05, 0) is 189 Å². The number of aromatic nitrogens is 4. The van der Waals surface area contributed by atoms with Crippen molar-refractivity contribution >= 4 is 34.1 Å². The smallest absolute Gasteiger partial charge is 0.356 e. The Morgan fingerprint density at radius 1 is 0.620 bits per heavy atom. The minimum atomic E-state index is -0.666. The van der Waals surface area contributed by atoms with E-state index in [1.807, 2.05) is 64.1 Å². The molecule has 2 aliphatic carbocycles. The predicted octanol–water partition coefficient (Wildman–Crippen LogP) is 16.3. The highest BCUT2D eigenvalue weighted by Crippen LogP contribution is 2.45. The summed E-state index contributed by atoms with van der Waals surface area (Å²) < 4.78 is 58.6. The maximum atomic E-state index is 14.1. The molecule has 0 saturated carbocycles. The quantitative estimate of drug-likeness (QED) is 0.0917. The highest BCUT2D eigenvalue weighted by molar-refractivity contribution is 9.10. The van der Waals surface area contributed by atoms with Crippen molar-refractivity contribution in [2.75, 3.05) is 7.11 Å². The van der Waals surface area contributed by atoms with E-state index in [1.54, 1.807) is 18.2 Å². The van der Waals surface area contributed by atoms with Crippen molar-refractivity contribution in [1.29, 1.82) is 0 Å². The summed E-state index contributed by atoms with van der Waals surface area (Å²) in [4.78, 5) is 32.3. The molecular weight excluding hydrogens is 1060 g/mol. The van der Waals surface area contributed by atoms with Crippen molar-refractivity contribution < 1.29 is 37.3 Å². The number of nitrogens with zero attached hydrogens (tertiary/aromatic N) is 4. The average Bonchev–Trinajstić information content (AvgIpc) is 3.99. The third kappa shape index (κ3) is 13.2. The van der Waals surface area contributed by atoms with Gasteiger partial charge in [-0.1, -0.05) is 90.1 Å². The molecule has 79 heavy (non-hydrogen) atoms. The Balaban J connectivity index is 0.000000192. The number of hydrogen-bond donors (Lipinski definition) is 0. The molecule has 6 heterocycles. The minimum Gasteiger partial charge on any atom is -0.464 e. The van der Waals surface area contributed by atoms with Crippen LogP contribution >= 0.6 is 15.9 Å². The zero-order chi connectivity index (χ0) is 56.3. The molecule has 2 aliphatic heterocycles. The van der Waals surface area contributed by atoms with E-state index in [0.29, 0.717) is 12.1 Å². The topological polar surface area (TPSA) is 115 Å². The molecule has 0 amide bonds. The van der Waals surface area contributed by atoms with E-state index in [9.17, 15) is 13.6 Å². The third-order valence-corrected chi connectivity index (χ3v) is 15.7. The number of ether oxygens (including phenoxy) is 5. The molecule has 2 fully saturated rings. The van der Waals surface area contributed by atoms with Crippen molar-refractivity contribution in [2.24, 2.45) is 0 Å². The van der Waals surface area contributed by atoms with E-state index in [4.69, 9.17) is 38.6 Å². The van der Waals surface area contributed by atoms with Crippen LogP contribution < -0.4 is 0 Å². The summed E-state index contributed by atoms with van der Waals surface area (Å²) in [7, 11) is 1.36. The summed E-state index contributed by atoms with van der Waals surface area (Å²) in [6.07, 6.45) is 17.2. The van der Waals surface area contributed by atoms with Gasteiger partial charge >= 0.3 is 5.97 Å². The maximum Gasteiger partial charge on any atom is 0.356 e. The largest absolute Gasteiger partial charge is 0.464 e. The summed E-state index contributed by atoms with van der Waals surface area (Å²) in [5, 5.41) is 0. The van der Waals surface area contributed by atoms with E-state index < -0.39 is 17.5 Å². The van der Waals surface area contributed by atoms with Gasteiger partial charge in [0.2, 0.25) is 0 Å². The Kier molecular flexibility index (Phi) is 17.9. The zero-order valence-corrected chi connectivity index (χ0v) is 49.2. The molecule has 10 rings (SSSR count). The van der Waals surface area contributed by atoms with Gasteiger partial charge in [-0.25, -0.2) is 23.5 Å². The Morgan fingerprint density at radius 3 is 1.47 bits per heavy atom. The lowest BCUT2D eigenvalue weighted by Crippen LogP contribution is -2.43. The molecule has 10 nitrogen and oxygen atoms in total. The molecule has 2 saturated heterocycles. The molecule has 0 radical (unpaired) electrons. The lowest BCUT2D eigenvalue weighted by Gasteiger charge is -2.39. The number of carbonyl (C=O) groups excluding carboxylic acids is 1. The van der Waals surface area contributed by atoms with Crippen molar-refractivity contribution in [3.63, 3.8) is 0 Å². The molecule has 4 aromatic heterocycles. The van der Waals surface area contributed by atoms with Gasteiger partial charge in [-0.3, -0.25) is 9.97 Å². The molecule has 2 aromatic carbocycles. The fraction of sp³-hybridized carbons (Fsp3) is 0.439. The fourth-order valence-electron chi connectivity index (χ4n) is 11.7. The van der Waals surface area contributed by atoms with E-state index in [-0.39, 0.29) is 47.9 Å². The second-order valence-corrected chi connectivity index (χ2v) is 23.5. The van der Waals surface area contributed by atoms with Gasteiger partial charge in [0, 0.05) is 35.1 Å². The summed E-state index contributed by atoms with van der Waals surface area (Å²) in [5.74, 6) is -1.97. The first-order valence-electron chi connectivity index (χ1n) is 28.2. The van der Waals surface area contributed by atoms with Crippen molar-refractivity contribution in [3.05, 3.63) is 152 Å². The normalized spacial score (nSPS) is 20.4. The van der Waals surface area contributed by atoms with E-state index in [2.05, 4.69) is 92.8 Å². The van der Waals surface area contributed by atoms with E-state index in [1.165, 1.54) is 24.8 Å². The number of carbonyl (C=O) groups is 1. The molecule has 4 aliphatic rings. The Labute approximate surface area is 474 Å². The third-order valence-electron chi connectivity index (χ3n) is 15.2. The van der Waals surface area contributed by atoms with Crippen LogP contribution in [0.4, 0.5) is 8.78 Å². The van der Waals surface area contributed by atoms with Gasteiger partial charge in [-0.15, -0.1) is 0 Å². The van der Waals surface area contributed by atoms with Gasteiger partial charge in [-0.2, -0.15) is 0 Å². The molecule has 0 bridgehead atoms. The summed E-state index contributed by atoms with van der Waals surface area (Å²) in [5.41, 5.74) is 16.6. The van der Waals surface area contributed by atoms with Crippen LogP contribution in [0.25, 0.3) is 56.9 Å². The van der Waals surface area contributed by atoms with Gasteiger partial charge in [0.15, 0.2) is 11.6 Å². The van der Waals surface area contributed by atoms with Crippen LogP contribution in [0.2, 0.25) is 0 Å². The van der Waals surface area contributed by atoms with Gasteiger partial charge in [0.1, 0.15) is 21.9 Å². The van der Waals surface area contributed by atoms with Crippen LogP contribution in [0.15, 0.2) is 89.6 Å². The van der Waals surface area contributed by atoms with Gasteiger partial charge in [0.25, 0.3) is 0 Å². The number of pyridine rings is 4. The predicted molar refractivity (Wildman–Crippen MR) is 313 cm³/mol. The molecule has 4 atom stereocenters. The molecule has 416 valence electrons. The van der Waals surface area contributed by atoms with Crippen LogP contribution in [-0.4, -0.2) is 69.0 Å². The van der Waals surface area contributed by atoms with E-state index >= 15 is 0 Å². The number of aryl methyl sites for hydroxylation is 2. The molecular formula is C66H75BrF2N4O6. The fourth-order valence-corrected chi connectivity index (χ4v) is 12.0. The molecule has 0 unspecified atom stereocenters. The Bertz CT molecular complexity index is 3250. The van der Waals surface area contributed by atoms with Crippen molar-refractivity contribution in [1.82, 2.24) is 19.9 Å². The maximum absolute atomic E-state index is 14.1. The standard InChI is InChI=1S/C34H39FN2O4.C32H36BrFN2O2/c1-7-23-19-24(41-34(4,5)40-23)15-16-27-30(21-11-13-22(35)14-12-21)26-9-8-10-28-25(32(26)37-31(27)20(2)3)17-18-29(36-28)33(38)39-6;1-6-22-18-23(38-32(4,5)37-22)14-15-26-29(20-10-12-21(34)13-11-20)25-8-7-9-27-24(16-17-28(33)35-27)31(25)36-30(26)19(2)3/h11-18,20,23-24H,7-10,19H2,1-6H3;10-17,19,22-23H,6-9,18H2,1-5H3/b16-15+;15-14+/t23-,24+;22-,23+/m00/s1. The highest BCUT2D eigenvalue weighted by Gasteiger charge is 2.36. The monoisotopic (exact) mass is 1140 g/mol. The van der Waals surface area contributed by atoms with Crippen LogP contribution in [0.5, 0.6) is 0 Å². The SMILES string of the molecule is CC[C@H]1C[C@@H](/C=C/c2c(C(C)C)nc3c(c2-c2ccc(F)cc2)CCCc2nc(Br)ccc2-3)OC(C)(C)O1.CC[C@H]1C[C@@H](/C=C/c2c(C(C)C)nc3c(c2-c2ccc(F)cc2)CCCc2nc(C(=O)OC)ccc2-3)OC(C)(C)O1. The Hall–Kier alpha value is -5.83. The highest BCUT2D eigenvalue weighted by atomic mass is 79.9. The van der Waals surface area contributed by atoms with Crippen LogP contribution in [0, 0.1) is 11.6 Å². The Morgan fingerprint density at radius 2 is 1.05 bits per heavy atom. The number of halogens is 3. The number of methoxy groups -OCH3 is 1. The first kappa shape index (κ1) is 57.8. The van der Waals surface area contributed by atoms with Crippen LogP contribution in [0.3, 0.4) is 0 Å². The summed E-state index contributed by atoms with van der Waals surface area (Å²) in [6, 6.07) is 21.3. The van der Waals surface area contributed by atoms with Crippen molar-refractivity contribution in [3.8, 4) is 44.8 Å². The van der Waals surface area contributed by atoms with Gasteiger partial charge < -0.3 is 23.7 Å². The zero-order valence-electron chi connectivity index (χ0n) is 47.6. The van der Waals surface area contributed by atoms with Crippen LogP contribution in [0.1, 0.15) is 175 Å². The second kappa shape index (κ2) is 24.5. The number of hydrogen-bond acceptors (Lipinski definition) is 10. The average molecular weight is 1140 g/mol. The lowest BCUT2D eigenvalue weighted by atomic mass is 9.86. The van der Waals surface area contributed by atoms with E-state index in [0.717, 1.165) is 147 Å². The first-order valence-corrected chi connectivity index (χ1v) is 29.0. The number of fused-ring (bicyclic) bond motifs is 6. The summed E-state index contributed by atoms with van der Waals surface area (Å²) >= 11 is 3.54. The second-order valence-electron chi connectivity index (χ2n) is 22.7. The number of benzene rings is 2. The number of esters is 1. The first-order chi connectivity index (χ1) is 37.7. The molecule has 0 spiro atoms. The number of rotatable bonds is 11.